The van der Waals surface area contributed by atoms with Gasteiger partial charge in [0.25, 0.3) is 5.91 Å². The molecule has 3 N–H and O–H groups in total. The van der Waals surface area contributed by atoms with Crippen LogP contribution in [0, 0.1) is 6.92 Å². The molecule has 2 heterocycles. The Kier molecular flexibility index (Phi) is 4.58. The summed E-state index contributed by atoms with van der Waals surface area (Å²) in [5.41, 5.74) is 7.85. The monoisotopic (exact) mass is 332 g/mol. The van der Waals surface area contributed by atoms with Gasteiger partial charge < -0.3 is 25.6 Å². The largest absolute Gasteiger partial charge is 0.370 e. The van der Waals surface area contributed by atoms with E-state index >= 15 is 0 Å². The second kappa shape index (κ2) is 6.51. The quantitative estimate of drug-likeness (QED) is 0.833. The minimum Gasteiger partial charge on any atom is -0.370 e. The lowest BCUT2D eigenvalue weighted by Gasteiger charge is -2.28. The third-order valence-electron chi connectivity index (χ3n) is 4.68. The predicted molar refractivity (Wildman–Crippen MR) is 92.0 cm³/mol. The number of aryl methyl sites for hydroxylation is 1. The second-order valence-electron chi connectivity index (χ2n) is 6.70. The van der Waals surface area contributed by atoms with Crippen LogP contribution in [-0.2, 0) is 14.3 Å². The smallest absolute Gasteiger partial charge is 0.253 e. The number of likely N-dealkylation sites (tertiary alicyclic amines) is 1. The van der Waals surface area contributed by atoms with Crippen molar-refractivity contribution in [1.29, 1.82) is 0 Å². The SMILES string of the molecule is Cc1cc(NC(=O)C2(N)CCN(C)C2)ccc1N1CCOCC1=O. The van der Waals surface area contributed by atoms with Crippen LogP contribution >= 0.6 is 0 Å². The van der Waals surface area contributed by atoms with E-state index in [1.807, 2.05) is 32.2 Å². The summed E-state index contributed by atoms with van der Waals surface area (Å²) < 4.78 is 5.16. The Hall–Kier alpha value is -1.96. The number of carbonyl (C=O) groups is 2. The number of rotatable bonds is 3. The third-order valence-corrected chi connectivity index (χ3v) is 4.68. The van der Waals surface area contributed by atoms with E-state index in [0.717, 1.165) is 17.8 Å². The summed E-state index contributed by atoms with van der Waals surface area (Å²) in [6.07, 6.45) is 0.647. The number of anilines is 2. The van der Waals surface area contributed by atoms with Crippen molar-refractivity contribution in [3.8, 4) is 0 Å². The number of amides is 2. The fraction of sp³-hybridized carbons (Fsp3) is 0.529. The van der Waals surface area contributed by atoms with E-state index in [-0.39, 0.29) is 18.4 Å². The molecule has 24 heavy (non-hydrogen) atoms. The van der Waals surface area contributed by atoms with Gasteiger partial charge in [-0.15, -0.1) is 0 Å². The zero-order chi connectivity index (χ0) is 17.3. The number of benzene rings is 1. The van der Waals surface area contributed by atoms with Crippen molar-refractivity contribution in [3.05, 3.63) is 23.8 Å². The first-order valence-corrected chi connectivity index (χ1v) is 8.17. The molecule has 0 aromatic heterocycles. The molecule has 2 saturated heterocycles. The Balaban J connectivity index is 1.73. The van der Waals surface area contributed by atoms with Crippen molar-refractivity contribution in [2.24, 2.45) is 5.73 Å². The van der Waals surface area contributed by atoms with Gasteiger partial charge >= 0.3 is 0 Å². The lowest BCUT2D eigenvalue weighted by Crippen LogP contribution is -2.52. The zero-order valence-corrected chi connectivity index (χ0v) is 14.2. The number of carbonyl (C=O) groups excluding carboxylic acids is 2. The van der Waals surface area contributed by atoms with Crippen LogP contribution in [0.2, 0.25) is 0 Å². The van der Waals surface area contributed by atoms with Gasteiger partial charge in [0.05, 0.1) is 6.61 Å². The molecule has 1 aromatic carbocycles. The molecule has 1 aromatic rings. The molecule has 2 aliphatic rings. The minimum absolute atomic E-state index is 0.0453. The average molecular weight is 332 g/mol. The zero-order valence-electron chi connectivity index (χ0n) is 14.2. The molecule has 1 atom stereocenters. The summed E-state index contributed by atoms with van der Waals surface area (Å²) >= 11 is 0. The fourth-order valence-electron chi connectivity index (χ4n) is 3.28. The van der Waals surface area contributed by atoms with E-state index in [2.05, 4.69) is 10.2 Å². The molecule has 0 saturated carbocycles. The minimum atomic E-state index is -0.846. The number of nitrogens with one attached hydrogen (secondary N) is 1. The van der Waals surface area contributed by atoms with Gasteiger partial charge in [0.1, 0.15) is 12.1 Å². The highest BCUT2D eigenvalue weighted by atomic mass is 16.5. The number of ether oxygens (including phenoxy) is 1. The van der Waals surface area contributed by atoms with E-state index < -0.39 is 5.54 Å². The molecule has 130 valence electrons. The highest BCUT2D eigenvalue weighted by molar-refractivity contribution is 5.99. The summed E-state index contributed by atoms with van der Waals surface area (Å²) in [6.45, 7) is 4.49. The van der Waals surface area contributed by atoms with Crippen LogP contribution in [0.15, 0.2) is 18.2 Å². The normalized spacial score (nSPS) is 25.1. The van der Waals surface area contributed by atoms with Gasteiger partial charge in [-0.2, -0.15) is 0 Å². The Morgan fingerprint density at radius 1 is 1.38 bits per heavy atom. The van der Waals surface area contributed by atoms with Crippen molar-refractivity contribution in [3.63, 3.8) is 0 Å². The third kappa shape index (κ3) is 3.28. The summed E-state index contributed by atoms with van der Waals surface area (Å²) in [4.78, 5) is 28.2. The van der Waals surface area contributed by atoms with Crippen molar-refractivity contribution in [2.45, 2.75) is 18.9 Å². The van der Waals surface area contributed by atoms with E-state index in [0.29, 0.717) is 31.8 Å². The van der Waals surface area contributed by atoms with Crippen LogP contribution < -0.4 is 16.0 Å². The lowest BCUT2D eigenvalue weighted by atomic mass is 9.99. The van der Waals surface area contributed by atoms with Gasteiger partial charge in [0.15, 0.2) is 0 Å². The number of morpholine rings is 1. The summed E-state index contributed by atoms with van der Waals surface area (Å²) in [5.74, 6) is -0.211. The molecule has 7 nitrogen and oxygen atoms in total. The standard InChI is InChI=1S/C17H24N4O3/c1-12-9-13(19-16(23)17(18)5-6-20(2)11-17)3-4-14(12)21-7-8-24-10-15(21)22/h3-4,9H,5-8,10-11,18H2,1-2H3,(H,19,23). The van der Waals surface area contributed by atoms with Crippen LogP contribution in [0.3, 0.4) is 0 Å². The molecule has 7 heteroatoms. The van der Waals surface area contributed by atoms with Gasteiger partial charge in [-0.25, -0.2) is 0 Å². The molecule has 3 rings (SSSR count). The van der Waals surface area contributed by atoms with Gasteiger partial charge in [0.2, 0.25) is 5.91 Å². The van der Waals surface area contributed by atoms with E-state index in [4.69, 9.17) is 10.5 Å². The topological polar surface area (TPSA) is 87.9 Å². The molecular formula is C17H24N4O3. The molecule has 0 aliphatic carbocycles. The van der Waals surface area contributed by atoms with Crippen molar-refractivity contribution in [1.82, 2.24) is 4.90 Å². The first kappa shape index (κ1) is 16.9. The van der Waals surface area contributed by atoms with Crippen molar-refractivity contribution >= 4 is 23.2 Å². The van der Waals surface area contributed by atoms with Crippen molar-refractivity contribution < 1.29 is 14.3 Å². The first-order valence-electron chi connectivity index (χ1n) is 8.17. The molecule has 0 bridgehead atoms. The van der Waals surface area contributed by atoms with E-state index in [9.17, 15) is 9.59 Å². The number of hydrogen-bond donors (Lipinski definition) is 2. The Bertz CT molecular complexity index is 663. The fourth-order valence-corrected chi connectivity index (χ4v) is 3.28. The maximum Gasteiger partial charge on any atom is 0.253 e. The number of hydrogen-bond acceptors (Lipinski definition) is 5. The number of nitrogens with zero attached hydrogens (tertiary/aromatic N) is 2. The van der Waals surface area contributed by atoms with Gasteiger partial charge in [-0.3, -0.25) is 9.59 Å². The second-order valence-corrected chi connectivity index (χ2v) is 6.70. The van der Waals surface area contributed by atoms with E-state index in [1.54, 1.807) is 4.90 Å². The Morgan fingerprint density at radius 2 is 2.17 bits per heavy atom. The number of nitrogens with two attached hydrogens (primary N) is 1. The summed E-state index contributed by atoms with van der Waals surface area (Å²) in [6, 6.07) is 5.54. The molecule has 2 aliphatic heterocycles. The Labute approximate surface area is 141 Å². The van der Waals surface area contributed by atoms with Crippen LogP contribution in [0.1, 0.15) is 12.0 Å². The summed E-state index contributed by atoms with van der Waals surface area (Å²) in [7, 11) is 1.96. The first-order chi connectivity index (χ1) is 11.4. The maximum atomic E-state index is 12.5. The van der Waals surface area contributed by atoms with E-state index in [1.165, 1.54) is 0 Å². The van der Waals surface area contributed by atoms with Crippen LogP contribution in [0.4, 0.5) is 11.4 Å². The summed E-state index contributed by atoms with van der Waals surface area (Å²) in [5, 5.41) is 2.91. The highest BCUT2D eigenvalue weighted by Gasteiger charge is 2.39. The highest BCUT2D eigenvalue weighted by Crippen LogP contribution is 2.26. The molecule has 1 unspecified atom stereocenters. The van der Waals surface area contributed by atoms with Gasteiger partial charge in [-0.1, -0.05) is 0 Å². The molecular weight excluding hydrogens is 308 g/mol. The van der Waals surface area contributed by atoms with Crippen LogP contribution in [0.5, 0.6) is 0 Å². The van der Waals surface area contributed by atoms with Gasteiger partial charge in [-0.05, 0) is 44.2 Å². The molecule has 2 fully saturated rings. The predicted octanol–water partition coefficient (Wildman–Crippen LogP) is 0.330. The van der Waals surface area contributed by atoms with Gasteiger partial charge in [0, 0.05) is 31.0 Å². The average Bonchev–Trinajstić information content (AvgIpc) is 2.89. The molecule has 0 radical (unpaired) electrons. The Morgan fingerprint density at radius 3 is 2.79 bits per heavy atom. The number of likely N-dealkylation sites (N-methyl/N-ethyl adjacent to an activating group) is 1. The molecule has 2 amide bonds. The van der Waals surface area contributed by atoms with Crippen molar-refractivity contribution in [2.75, 3.05) is 50.1 Å². The lowest BCUT2D eigenvalue weighted by molar-refractivity contribution is -0.125. The molecule has 0 spiro atoms. The van der Waals surface area contributed by atoms with Crippen LogP contribution in [-0.4, -0.2) is 62.1 Å². The maximum absolute atomic E-state index is 12.5. The van der Waals surface area contributed by atoms with Crippen LogP contribution in [0.25, 0.3) is 0 Å².